The quantitative estimate of drug-likeness (QED) is 0.823. The van der Waals surface area contributed by atoms with Crippen molar-refractivity contribution in [3.05, 3.63) is 18.2 Å². The van der Waals surface area contributed by atoms with Crippen molar-refractivity contribution in [1.82, 2.24) is 0 Å². The highest BCUT2D eigenvalue weighted by atomic mass is 16.7. The summed E-state index contributed by atoms with van der Waals surface area (Å²) < 4.78 is 16.2. The lowest BCUT2D eigenvalue weighted by Gasteiger charge is -2.26. The molecule has 3 N–H and O–H groups in total. The van der Waals surface area contributed by atoms with Gasteiger partial charge in [-0.3, -0.25) is 0 Å². The van der Waals surface area contributed by atoms with E-state index < -0.39 is 6.10 Å². The molecule has 1 heterocycles. The molecule has 0 fully saturated rings. The first-order valence-corrected chi connectivity index (χ1v) is 6.04. The van der Waals surface area contributed by atoms with Crippen LogP contribution < -0.4 is 19.9 Å². The maximum absolute atomic E-state index is 9.34. The SMILES string of the molecule is CC(C)C(N)C(CO)Oc1ccc2c(c1)OCO2. The molecule has 18 heavy (non-hydrogen) atoms. The zero-order valence-corrected chi connectivity index (χ0v) is 10.6. The molecule has 1 aliphatic heterocycles. The van der Waals surface area contributed by atoms with Crippen LogP contribution >= 0.6 is 0 Å². The summed E-state index contributed by atoms with van der Waals surface area (Å²) >= 11 is 0. The van der Waals surface area contributed by atoms with Gasteiger partial charge in [-0.25, -0.2) is 0 Å². The molecule has 1 aliphatic rings. The summed E-state index contributed by atoms with van der Waals surface area (Å²) in [7, 11) is 0. The molecule has 0 bridgehead atoms. The topological polar surface area (TPSA) is 73.9 Å². The first kappa shape index (κ1) is 13.0. The van der Waals surface area contributed by atoms with Gasteiger partial charge in [-0.05, 0) is 18.1 Å². The Hall–Kier alpha value is -1.46. The highest BCUT2D eigenvalue weighted by molar-refractivity contribution is 5.46. The molecule has 0 saturated heterocycles. The molecule has 100 valence electrons. The Morgan fingerprint density at radius 2 is 2.06 bits per heavy atom. The van der Waals surface area contributed by atoms with Crippen molar-refractivity contribution in [2.24, 2.45) is 11.7 Å². The highest BCUT2D eigenvalue weighted by Gasteiger charge is 2.23. The highest BCUT2D eigenvalue weighted by Crippen LogP contribution is 2.35. The summed E-state index contributed by atoms with van der Waals surface area (Å²) in [6, 6.07) is 5.09. The van der Waals surface area contributed by atoms with E-state index in [1.54, 1.807) is 18.2 Å². The Bertz CT molecular complexity index is 408. The Balaban J connectivity index is 2.08. The van der Waals surface area contributed by atoms with E-state index in [2.05, 4.69) is 0 Å². The molecule has 1 aromatic carbocycles. The van der Waals surface area contributed by atoms with Crippen LogP contribution in [0.4, 0.5) is 0 Å². The largest absolute Gasteiger partial charge is 0.486 e. The summed E-state index contributed by atoms with van der Waals surface area (Å²) in [5.41, 5.74) is 5.99. The summed E-state index contributed by atoms with van der Waals surface area (Å²) in [5, 5.41) is 9.34. The van der Waals surface area contributed by atoms with Crippen molar-refractivity contribution >= 4 is 0 Å². The van der Waals surface area contributed by atoms with Gasteiger partial charge in [0.05, 0.1) is 6.61 Å². The normalized spacial score (nSPS) is 16.7. The van der Waals surface area contributed by atoms with Crippen molar-refractivity contribution < 1.29 is 19.3 Å². The maximum Gasteiger partial charge on any atom is 0.231 e. The van der Waals surface area contributed by atoms with Crippen LogP contribution in [0.2, 0.25) is 0 Å². The second-order valence-electron chi connectivity index (χ2n) is 4.68. The van der Waals surface area contributed by atoms with E-state index >= 15 is 0 Å². The summed E-state index contributed by atoms with van der Waals surface area (Å²) in [6.45, 7) is 4.11. The molecule has 0 radical (unpaired) electrons. The van der Waals surface area contributed by atoms with Crippen molar-refractivity contribution in [3.8, 4) is 17.2 Å². The number of fused-ring (bicyclic) bond motifs is 1. The third-order valence-corrected chi connectivity index (χ3v) is 3.01. The van der Waals surface area contributed by atoms with E-state index in [1.165, 1.54) is 0 Å². The fourth-order valence-electron chi connectivity index (χ4n) is 1.79. The van der Waals surface area contributed by atoms with Crippen LogP contribution in [0.15, 0.2) is 18.2 Å². The van der Waals surface area contributed by atoms with Crippen LogP contribution in [-0.2, 0) is 0 Å². The van der Waals surface area contributed by atoms with Gasteiger partial charge in [0.15, 0.2) is 11.5 Å². The van der Waals surface area contributed by atoms with E-state index in [0.29, 0.717) is 17.2 Å². The second kappa shape index (κ2) is 5.46. The van der Waals surface area contributed by atoms with Crippen LogP contribution in [0.5, 0.6) is 17.2 Å². The number of hydrogen-bond donors (Lipinski definition) is 2. The van der Waals surface area contributed by atoms with E-state index in [-0.39, 0.29) is 25.4 Å². The molecular weight excluding hydrogens is 234 g/mol. The van der Waals surface area contributed by atoms with Gasteiger partial charge < -0.3 is 25.1 Å². The zero-order valence-electron chi connectivity index (χ0n) is 10.6. The predicted octanol–water partition coefficient (Wildman–Crippen LogP) is 1.14. The number of aliphatic hydroxyl groups excluding tert-OH is 1. The minimum Gasteiger partial charge on any atom is -0.486 e. The van der Waals surface area contributed by atoms with Crippen LogP contribution in [0.25, 0.3) is 0 Å². The van der Waals surface area contributed by atoms with Crippen LogP contribution in [0, 0.1) is 5.92 Å². The number of benzene rings is 1. The molecule has 5 nitrogen and oxygen atoms in total. The lowest BCUT2D eigenvalue weighted by Crippen LogP contribution is -2.45. The molecular formula is C13H19NO4. The minimum atomic E-state index is -0.426. The summed E-state index contributed by atoms with van der Waals surface area (Å²) in [4.78, 5) is 0. The van der Waals surface area contributed by atoms with Crippen molar-refractivity contribution in [1.29, 1.82) is 0 Å². The molecule has 0 saturated carbocycles. The average Bonchev–Trinajstić information content (AvgIpc) is 2.82. The Morgan fingerprint density at radius 3 is 2.72 bits per heavy atom. The minimum absolute atomic E-state index is 0.117. The van der Waals surface area contributed by atoms with Gasteiger partial charge in [-0.15, -0.1) is 0 Å². The van der Waals surface area contributed by atoms with Gasteiger partial charge in [-0.2, -0.15) is 0 Å². The molecule has 5 heteroatoms. The Labute approximate surface area is 106 Å². The number of hydrogen-bond acceptors (Lipinski definition) is 5. The molecule has 2 atom stereocenters. The molecule has 0 amide bonds. The summed E-state index contributed by atoms with van der Waals surface area (Å²) in [6.07, 6.45) is -0.426. The lowest BCUT2D eigenvalue weighted by atomic mass is 10.00. The third kappa shape index (κ3) is 2.68. The van der Waals surface area contributed by atoms with Crippen molar-refractivity contribution in [2.45, 2.75) is 26.0 Å². The van der Waals surface area contributed by atoms with Gasteiger partial charge in [0.25, 0.3) is 0 Å². The van der Waals surface area contributed by atoms with Crippen LogP contribution in [0.1, 0.15) is 13.8 Å². The molecule has 2 unspecified atom stereocenters. The van der Waals surface area contributed by atoms with Crippen molar-refractivity contribution in [3.63, 3.8) is 0 Å². The predicted molar refractivity (Wildman–Crippen MR) is 66.9 cm³/mol. The zero-order chi connectivity index (χ0) is 13.1. The average molecular weight is 253 g/mol. The Morgan fingerprint density at radius 1 is 1.33 bits per heavy atom. The van der Waals surface area contributed by atoms with Gasteiger partial charge in [0.1, 0.15) is 11.9 Å². The first-order valence-electron chi connectivity index (χ1n) is 6.04. The fraction of sp³-hybridized carbons (Fsp3) is 0.538. The van der Waals surface area contributed by atoms with Gasteiger partial charge in [-0.1, -0.05) is 13.8 Å². The second-order valence-corrected chi connectivity index (χ2v) is 4.68. The molecule has 1 aromatic rings. The van der Waals surface area contributed by atoms with Gasteiger partial charge in [0, 0.05) is 12.1 Å². The fourth-order valence-corrected chi connectivity index (χ4v) is 1.79. The number of rotatable bonds is 5. The van der Waals surface area contributed by atoms with Crippen LogP contribution in [0.3, 0.4) is 0 Å². The number of ether oxygens (including phenoxy) is 3. The first-order chi connectivity index (χ1) is 8.61. The van der Waals surface area contributed by atoms with Gasteiger partial charge in [0.2, 0.25) is 6.79 Å². The van der Waals surface area contributed by atoms with E-state index in [4.69, 9.17) is 19.9 Å². The molecule has 0 aliphatic carbocycles. The number of nitrogens with two attached hydrogens (primary N) is 1. The molecule has 2 rings (SSSR count). The molecule has 0 aromatic heterocycles. The van der Waals surface area contributed by atoms with E-state index in [9.17, 15) is 5.11 Å². The monoisotopic (exact) mass is 253 g/mol. The van der Waals surface area contributed by atoms with Crippen molar-refractivity contribution in [2.75, 3.05) is 13.4 Å². The van der Waals surface area contributed by atoms with Crippen LogP contribution in [-0.4, -0.2) is 30.7 Å². The van der Waals surface area contributed by atoms with Gasteiger partial charge >= 0.3 is 0 Å². The standard InChI is InChI=1S/C13H19NO4/c1-8(2)13(14)12(6-15)18-9-3-4-10-11(5-9)17-7-16-10/h3-5,8,12-13,15H,6-7,14H2,1-2H3. The maximum atomic E-state index is 9.34. The summed E-state index contributed by atoms with van der Waals surface area (Å²) in [5.74, 6) is 2.21. The van der Waals surface area contributed by atoms with E-state index in [1.807, 2.05) is 13.8 Å². The molecule has 0 spiro atoms. The Kier molecular flexibility index (Phi) is 3.93. The number of aliphatic hydroxyl groups is 1. The third-order valence-electron chi connectivity index (χ3n) is 3.01. The lowest BCUT2D eigenvalue weighted by molar-refractivity contribution is 0.0809. The smallest absolute Gasteiger partial charge is 0.231 e. The van der Waals surface area contributed by atoms with E-state index in [0.717, 1.165) is 0 Å².